The second-order valence-corrected chi connectivity index (χ2v) is 12.3. The first-order chi connectivity index (χ1) is 10.2. The highest BCUT2D eigenvalue weighted by Gasteiger charge is 2.40. The molecule has 3 nitrogen and oxygen atoms in total. The standard InChI is InChI=1S/C18H32O3Si/c1-15(12-19)17(21-22(5,6)18(2,3)4)14-20-13-16-10-8-7-9-11-16/h7-11,15,17,19H,12-14H2,1-6H3/t15-,17-/m0/s1. The van der Waals surface area contributed by atoms with Crippen LogP contribution in [0.5, 0.6) is 0 Å². The third-order valence-electron chi connectivity index (χ3n) is 4.57. The summed E-state index contributed by atoms with van der Waals surface area (Å²) in [6.45, 7) is 14.4. The number of ether oxygens (including phenoxy) is 1. The van der Waals surface area contributed by atoms with E-state index in [2.05, 4.69) is 46.0 Å². The maximum absolute atomic E-state index is 9.50. The zero-order chi connectivity index (χ0) is 16.8. The van der Waals surface area contributed by atoms with Crippen LogP contribution in [0.1, 0.15) is 33.3 Å². The third kappa shape index (κ3) is 5.84. The van der Waals surface area contributed by atoms with Crippen LogP contribution in [0, 0.1) is 5.92 Å². The van der Waals surface area contributed by atoms with E-state index in [0.717, 1.165) is 5.56 Å². The van der Waals surface area contributed by atoms with Crippen molar-refractivity contribution in [3.05, 3.63) is 35.9 Å². The van der Waals surface area contributed by atoms with E-state index in [4.69, 9.17) is 9.16 Å². The van der Waals surface area contributed by atoms with Crippen LogP contribution in [0.4, 0.5) is 0 Å². The summed E-state index contributed by atoms with van der Waals surface area (Å²) in [5.41, 5.74) is 1.16. The molecule has 0 spiro atoms. The molecule has 22 heavy (non-hydrogen) atoms. The lowest BCUT2D eigenvalue weighted by Gasteiger charge is -2.40. The van der Waals surface area contributed by atoms with Crippen molar-refractivity contribution in [3.63, 3.8) is 0 Å². The zero-order valence-electron chi connectivity index (χ0n) is 14.9. The molecule has 2 atom stereocenters. The molecule has 0 aliphatic rings. The van der Waals surface area contributed by atoms with Gasteiger partial charge in [-0.1, -0.05) is 58.0 Å². The van der Waals surface area contributed by atoms with Crippen LogP contribution < -0.4 is 0 Å². The molecular weight excluding hydrogens is 292 g/mol. The molecule has 126 valence electrons. The number of hydrogen-bond donors (Lipinski definition) is 1. The van der Waals surface area contributed by atoms with Crippen molar-refractivity contribution in [2.75, 3.05) is 13.2 Å². The zero-order valence-corrected chi connectivity index (χ0v) is 15.9. The Kier molecular flexibility index (Phi) is 7.26. The molecule has 0 aromatic heterocycles. The number of aliphatic hydroxyl groups is 1. The first-order valence-electron chi connectivity index (χ1n) is 8.07. The fraction of sp³-hybridized carbons (Fsp3) is 0.667. The van der Waals surface area contributed by atoms with Gasteiger partial charge in [0, 0.05) is 12.5 Å². The lowest BCUT2D eigenvalue weighted by molar-refractivity contribution is -0.00403. The van der Waals surface area contributed by atoms with Gasteiger partial charge in [0.1, 0.15) is 0 Å². The summed E-state index contributed by atoms with van der Waals surface area (Å²) in [5.74, 6) is 0.0740. The van der Waals surface area contributed by atoms with Gasteiger partial charge >= 0.3 is 0 Å². The van der Waals surface area contributed by atoms with Gasteiger partial charge in [-0.25, -0.2) is 0 Å². The monoisotopic (exact) mass is 324 g/mol. The maximum atomic E-state index is 9.50. The third-order valence-corrected chi connectivity index (χ3v) is 9.07. The van der Waals surface area contributed by atoms with Crippen LogP contribution in [-0.2, 0) is 15.8 Å². The molecule has 0 heterocycles. The van der Waals surface area contributed by atoms with Gasteiger partial charge in [0.15, 0.2) is 8.32 Å². The minimum atomic E-state index is -1.87. The quantitative estimate of drug-likeness (QED) is 0.728. The van der Waals surface area contributed by atoms with E-state index in [1.54, 1.807) is 0 Å². The fourth-order valence-electron chi connectivity index (χ4n) is 1.85. The lowest BCUT2D eigenvalue weighted by atomic mass is 10.1. The van der Waals surface area contributed by atoms with E-state index in [-0.39, 0.29) is 23.7 Å². The summed E-state index contributed by atoms with van der Waals surface area (Å²) in [4.78, 5) is 0. The molecule has 0 bridgehead atoms. The summed E-state index contributed by atoms with van der Waals surface area (Å²) in [5, 5.41) is 9.65. The van der Waals surface area contributed by atoms with Crippen LogP contribution in [0.15, 0.2) is 30.3 Å². The molecule has 0 saturated carbocycles. The van der Waals surface area contributed by atoms with E-state index >= 15 is 0 Å². The Morgan fingerprint density at radius 3 is 2.23 bits per heavy atom. The van der Waals surface area contributed by atoms with E-state index < -0.39 is 8.32 Å². The molecule has 0 unspecified atom stereocenters. The fourth-order valence-corrected chi connectivity index (χ4v) is 3.27. The highest BCUT2D eigenvalue weighted by Crippen LogP contribution is 2.38. The molecule has 1 rings (SSSR count). The van der Waals surface area contributed by atoms with Crippen LogP contribution in [0.2, 0.25) is 18.1 Å². The Labute approximate surface area is 136 Å². The molecule has 0 radical (unpaired) electrons. The Morgan fingerprint density at radius 1 is 1.14 bits per heavy atom. The molecule has 1 aromatic rings. The molecule has 0 saturated heterocycles. The van der Waals surface area contributed by atoms with Crippen molar-refractivity contribution in [1.82, 2.24) is 0 Å². The molecular formula is C18H32O3Si. The first kappa shape index (κ1) is 19.4. The number of benzene rings is 1. The number of hydrogen-bond acceptors (Lipinski definition) is 3. The van der Waals surface area contributed by atoms with Crippen molar-refractivity contribution in [1.29, 1.82) is 0 Å². The molecule has 0 aliphatic carbocycles. The predicted octanol–water partition coefficient (Wildman–Crippen LogP) is 4.22. The van der Waals surface area contributed by atoms with Crippen LogP contribution >= 0.6 is 0 Å². The lowest BCUT2D eigenvalue weighted by Crippen LogP contribution is -2.47. The Hall–Kier alpha value is -0.683. The highest BCUT2D eigenvalue weighted by molar-refractivity contribution is 6.74. The largest absolute Gasteiger partial charge is 0.411 e. The van der Waals surface area contributed by atoms with E-state index in [1.807, 2.05) is 25.1 Å². The number of aliphatic hydroxyl groups excluding tert-OH is 1. The van der Waals surface area contributed by atoms with E-state index in [0.29, 0.717) is 13.2 Å². The van der Waals surface area contributed by atoms with Gasteiger partial charge in [0.25, 0.3) is 0 Å². The van der Waals surface area contributed by atoms with Crippen molar-refractivity contribution in [2.45, 2.75) is 58.5 Å². The van der Waals surface area contributed by atoms with Gasteiger partial charge < -0.3 is 14.3 Å². The molecule has 0 fully saturated rings. The Balaban J connectivity index is 2.62. The van der Waals surface area contributed by atoms with E-state index in [1.165, 1.54) is 0 Å². The van der Waals surface area contributed by atoms with Crippen LogP contribution in [0.25, 0.3) is 0 Å². The van der Waals surface area contributed by atoms with Crippen molar-refractivity contribution in [2.24, 2.45) is 5.92 Å². The summed E-state index contributed by atoms with van der Waals surface area (Å²) in [6, 6.07) is 10.1. The molecule has 0 aliphatic heterocycles. The van der Waals surface area contributed by atoms with Crippen LogP contribution in [-0.4, -0.2) is 32.7 Å². The van der Waals surface area contributed by atoms with Crippen molar-refractivity contribution >= 4 is 8.32 Å². The summed E-state index contributed by atoms with van der Waals surface area (Å²) < 4.78 is 12.3. The molecule has 0 amide bonds. The normalized spacial score (nSPS) is 15.6. The molecule has 1 N–H and O–H groups in total. The molecule has 4 heteroatoms. The van der Waals surface area contributed by atoms with Gasteiger partial charge in [-0.3, -0.25) is 0 Å². The average molecular weight is 325 g/mol. The topological polar surface area (TPSA) is 38.7 Å². The summed E-state index contributed by atoms with van der Waals surface area (Å²) >= 11 is 0. The second-order valence-electron chi connectivity index (χ2n) is 7.58. The van der Waals surface area contributed by atoms with Gasteiger partial charge in [0.2, 0.25) is 0 Å². The molecule has 1 aromatic carbocycles. The van der Waals surface area contributed by atoms with Gasteiger partial charge in [-0.2, -0.15) is 0 Å². The van der Waals surface area contributed by atoms with Crippen molar-refractivity contribution < 1.29 is 14.3 Å². The maximum Gasteiger partial charge on any atom is 0.192 e. The minimum absolute atomic E-state index is 0.0606. The van der Waals surface area contributed by atoms with Crippen molar-refractivity contribution in [3.8, 4) is 0 Å². The smallest absolute Gasteiger partial charge is 0.192 e. The van der Waals surface area contributed by atoms with E-state index in [9.17, 15) is 5.11 Å². The second kappa shape index (κ2) is 8.25. The Morgan fingerprint density at radius 2 is 1.73 bits per heavy atom. The summed E-state index contributed by atoms with van der Waals surface area (Å²) in [6.07, 6.45) is -0.0606. The predicted molar refractivity (Wildman–Crippen MR) is 94.4 cm³/mol. The highest BCUT2D eigenvalue weighted by atomic mass is 28.4. The number of rotatable bonds is 8. The summed E-state index contributed by atoms with van der Waals surface area (Å²) in [7, 11) is -1.87. The first-order valence-corrected chi connectivity index (χ1v) is 11.0. The Bertz CT molecular complexity index is 426. The van der Waals surface area contributed by atoms with Crippen LogP contribution in [0.3, 0.4) is 0 Å². The van der Waals surface area contributed by atoms with Gasteiger partial charge in [-0.05, 0) is 23.7 Å². The average Bonchev–Trinajstić information content (AvgIpc) is 2.45. The van der Waals surface area contributed by atoms with Gasteiger partial charge in [0.05, 0.1) is 19.3 Å². The minimum Gasteiger partial charge on any atom is -0.411 e. The van der Waals surface area contributed by atoms with Gasteiger partial charge in [-0.15, -0.1) is 0 Å². The SMILES string of the molecule is C[C@@H](CO)[C@H](COCc1ccccc1)O[Si](C)(C)C(C)(C)C.